The normalized spacial score (nSPS) is 17.1. The molecule has 2 unspecified atom stereocenters. The van der Waals surface area contributed by atoms with Crippen LogP contribution < -0.4 is 15.8 Å². The van der Waals surface area contributed by atoms with Crippen molar-refractivity contribution in [2.45, 2.75) is 45.3 Å². The van der Waals surface area contributed by atoms with Crippen LogP contribution in [-0.2, 0) is 24.0 Å². The third-order valence-corrected chi connectivity index (χ3v) is 6.38. The van der Waals surface area contributed by atoms with Crippen molar-refractivity contribution in [2.24, 2.45) is 5.73 Å². The molecule has 174 valence electrons. The van der Waals surface area contributed by atoms with Gasteiger partial charge in [-0.2, -0.15) is 0 Å². The van der Waals surface area contributed by atoms with Gasteiger partial charge < -0.3 is 20.5 Å². The van der Waals surface area contributed by atoms with E-state index in [0.29, 0.717) is 23.9 Å². The van der Waals surface area contributed by atoms with Crippen LogP contribution in [0.4, 0.5) is 5.82 Å². The average Bonchev–Trinajstić information content (AvgIpc) is 3.19. The number of nitrogens with zero attached hydrogens (tertiary/aromatic N) is 2. The second-order valence-electron chi connectivity index (χ2n) is 8.09. The Kier molecular flexibility index (Phi) is 7.48. The quantitative estimate of drug-likeness (QED) is 0.462. The lowest BCUT2D eigenvalue weighted by molar-refractivity contribution is 0.0532. The fourth-order valence-electron chi connectivity index (χ4n) is 4.39. The maximum atomic E-state index is 6.58. The molecule has 0 fully saturated rings. The van der Waals surface area contributed by atoms with Crippen LogP contribution in [0.1, 0.15) is 42.4 Å². The Hall–Kier alpha value is -2.67. The molecule has 1 heterocycles. The number of aryl methyl sites for hydroxylation is 2. The van der Waals surface area contributed by atoms with Gasteiger partial charge in [-0.25, -0.2) is 9.97 Å². The van der Waals surface area contributed by atoms with Gasteiger partial charge in [0.05, 0.1) is 48.0 Å². The van der Waals surface area contributed by atoms with Crippen molar-refractivity contribution in [1.29, 1.82) is 0 Å². The lowest BCUT2D eigenvalue weighted by Gasteiger charge is -2.24. The number of hydrogen-bond acceptors (Lipinski definition) is 6. The van der Waals surface area contributed by atoms with E-state index in [9.17, 15) is 0 Å². The summed E-state index contributed by atoms with van der Waals surface area (Å²) in [6, 6.07) is 14.1. The number of rotatable bonds is 9. The van der Waals surface area contributed by atoms with Gasteiger partial charge in [-0.1, -0.05) is 49.7 Å². The third-order valence-electron chi connectivity index (χ3n) is 6.07. The summed E-state index contributed by atoms with van der Waals surface area (Å²) in [5.74, 6) is 1.51. The Morgan fingerprint density at radius 2 is 1.88 bits per heavy atom. The van der Waals surface area contributed by atoms with Crippen LogP contribution in [0.3, 0.4) is 0 Å². The summed E-state index contributed by atoms with van der Waals surface area (Å²) < 4.78 is 11.4. The van der Waals surface area contributed by atoms with E-state index in [1.165, 1.54) is 11.1 Å². The molecule has 2 aromatic carbocycles. The largest absolute Gasteiger partial charge is 0.497 e. The highest BCUT2D eigenvalue weighted by atomic mass is 35.5. The van der Waals surface area contributed by atoms with Gasteiger partial charge in [0.1, 0.15) is 11.6 Å². The van der Waals surface area contributed by atoms with Crippen LogP contribution in [0.5, 0.6) is 5.75 Å². The lowest BCUT2D eigenvalue weighted by atomic mass is 10.1. The molecule has 0 aliphatic heterocycles. The van der Waals surface area contributed by atoms with Gasteiger partial charge in [0.25, 0.3) is 0 Å². The molecule has 0 bridgehead atoms. The van der Waals surface area contributed by atoms with Gasteiger partial charge in [-0.3, -0.25) is 0 Å². The molecule has 1 aromatic heterocycles. The smallest absolute Gasteiger partial charge is 0.148 e. The summed E-state index contributed by atoms with van der Waals surface area (Å²) in [6.07, 6.45) is 2.32. The van der Waals surface area contributed by atoms with Crippen LogP contribution in [0, 0.1) is 0 Å². The van der Waals surface area contributed by atoms with Crippen LogP contribution in [-0.4, -0.2) is 36.3 Å². The number of methoxy groups -OCH3 is 1. The highest BCUT2D eigenvalue weighted by Crippen LogP contribution is 2.38. The van der Waals surface area contributed by atoms with Crippen LogP contribution in [0.25, 0.3) is 11.3 Å². The fraction of sp³-hybridized carbons (Fsp3) is 0.385. The Labute approximate surface area is 200 Å². The molecule has 1 aliphatic carbocycles. The van der Waals surface area contributed by atoms with Crippen molar-refractivity contribution in [2.75, 3.05) is 25.6 Å². The monoisotopic (exact) mass is 466 g/mol. The van der Waals surface area contributed by atoms with Crippen LogP contribution >= 0.6 is 11.6 Å². The fourth-order valence-corrected chi connectivity index (χ4v) is 4.65. The highest BCUT2D eigenvalue weighted by Gasteiger charge is 2.34. The SMILES string of the molecule is CCc1nc(-c2ccc(OC)cc2Cl)c(CC)nc1NC1c2ccccc2CC1OCCN. The first-order chi connectivity index (χ1) is 16.1. The number of ether oxygens (including phenoxy) is 2. The molecule has 3 N–H and O–H groups in total. The lowest BCUT2D eigenvalue weighted by Crippen LogP contribution is -2.28. The minimum Gasteiger partial charge on any atom is -0.497 e. The van der Waals surface area contributed by atoms with E-state index in [0.717, 1.165) is 47.7 Å². The third kappa shape index (κ3) is 4.83. The summed E-state index contributed by atoms with van der Waals surface area (Å²) in [5, 5.41) is 4.27. The summed E-state index contributed by atoms with van der Waals surface area (Å²) in [6.45, 7) is 5.19. The Morgan fingerprint density at radius 3 is 2.58 bits per heavy atom. The van der Waals surface area contributed by atoms with Crippen molar-refractivity contribution in [3.05, 3.63) is 70.0 Å². The molecule has 0 saturated carbocycles. The average molecular weight is 467 g/mol. The summed E-state index contributed by atoms with van der Waals surface area (Å²) >= 11 is 6.58. The van der Waals surface area contributed by atoms with E-state index in [4.69, 9.17) is 36.8 Å². The minimum atomic E-state index is -0.00696. The van der Waals surface area contributed by atoms with E-state index >= 15 is 0 Å². The molecule has 7 heteroatoms. The molecule has 0 radical (unpaired) electrons. The Bertz CT molecular complexity index is 1120. The van der Waals surface area contributed by atoms with Crippen molar-refractivity contribution < 1.29 is 9.47 Å². The number of halogens is 1. The van der Waals surface area contributed by atoms with Gasteiger partial charge in [0, 0.05) is 18.5 Å². The zero-order valence-electron chi connectivity index (χ0n) is 19.4. The van der Waals surface area contributed by atoms with Crippen LogP contribution in [0.2, 0.25) is 5.02 Å². The molecule has 6 nitrogen and oxygen atoms in total. The van der Waals surface area contributed by atoms with Crippen molar-refractivity contribution in [1.82, 2.24) is 9.97 Å². The van der Waals surface area contributed by atoms with E-state index in [2.05, 4.69) is 43.4 Å². The molecule has 0 saturated heterocycles. The maximum absolute atomic E-state index is 6.58. The Morgan fingerprint density at radius 1 is 1.09 bits per heavy atom. The van der Waals surface area contributed by atoms with E-state index in [-0.39, 0.29) is 12.1 Å². The number of nitrogens with two attached hydrogens (primary N) is 1. The predicted molar refractivity (Wildman–Crippen MR) is 133 cm³/mol. The number of hydrogen-bond donors (Lipinski definition) is 2. The maximum Gasteiger partial charge on any atom is 0.148 e. The summed E-state index contributed by atoms with van der Waals surface area (Å²) in [7, 11) is 1.63. The first kappa shape index (κ1) is 23.5. The molecular weight excluding hydrogens is 436 g/mol. The molecule has 0 amide bonds. The second-order valence-corrected chi connectivity index (χ2v) is 8.50. The van der Waals surface area contributed by atoms with Gasteiger partial charge in [0.2, 0.25) is 0 Å². The molecule has 2 atom stereocenters. The van der Waals surface area contributed by atoms with E-state index in [1.807, 2.05) is 18.2 Å². The molecule has 1 aliphatic rings. The predicted octanol–water partition coefficient (Wildman–Crippen LogP) is 4.98. The zero-order chi connectivity index (χ0) is 23.4. The molecule has 3 aromatic rings. The number of aromatic nitrogens is 2. The van der Waals surface area contributed by atoms with Gasteiger partial charge in [0.15, 0.2) is 0 Å². The van der Waals surface area contributed by atoms with Gasteiger partial charge in [-0.15, -0.1) is 0 Å². The summed E-state index contributed by atoms with van der Waals surface area (Å²) in [4.78, 5) is 10.1. The topological polar surface area (TPSA) is 82.3 Å². The Balaban J connectivity index is 1.72. The molecule has 0 spiro atoms. The zero-order valence-corrected chi connectivity index (χ0v) is 20.2. The van der Waals surface area contributed by atoms with Gasteiger partial charge in [-0.05, 0) is 42.2 Å². The van der Waals surface area contributed by atoms with E-state index in [1.54, 1.807) is 7.11 Å². The standard InChI is InChI=1S/C26H31ClN4O2/c1-4-21-24(19-11-10-17(32-3)15-20(19)27)29-22(5-2)26(30-21)31-25-18-9-7-6-8-16(18)14-23(25)33-13-12-28/h6-11,15,23,25H,4-5,12-14,28H2,1-3H3,(H,30,31). The van der Waals surface area contributed by atoms with Crippen molar-refractivity contribution in [3.63, 3.8) is 0 Å². The molecular formula is C26H31ClN4O2. The molecule has 4 rings (SSSR count). The number of anilines is 1. The molecule has 33 heavy (non-hydrogen) atoms. The summed E-state index contributed by atoms with van der Waals surface area (Å²) in [5.41, 5.74) is 11.7. The number of benzene rings is 2. The minimum absolute atomic E-state index is 0.00163. The van der Waals surface area contributed by atoms with E-state index < -0.39 is 0 Å². The van der Waals surface area contributed by atoms with Gasteiger partial charge >= 0.3 is 0 Å². The van der Waals surface area contributed by atoms with Crippen molar-refractivity contribution >= 4 is 17.4 Å². The first-order valence-corrected chi connectivity index (χ1v) is 11.9. The second kappa shape index (κ2) is 10.5. The first-order valence-electron chi connectivity index (χ1n) is 11.5. The van der Waals surface area contributed by atoms with Crippen molar-refractivity contribution in [3.8, 4) is 17.0 Å². The number of fused-ring (bicyclic) bond motifs is 1. The van der Waals surface area contributed by atoms with Crippen LogP contribution in [0.15, 0.2) is 42.5 Å². The highest BCUT2D eigenvalue weighted by molar-refractivity contribution is 6.33. The number of nitrogens with one attached hydrogen (secondary N) is 1.